The molecule has 0 saturated carbocycles. The van der Waals surface area contributed by atoms with E-state index in [-0.39, 0.29) is 17.8 Å². The quantitative estimate of drug-likeness (QED) is 0.291. The van der Waals surface area contributed by atoms with Gasteiger partial charge in [-0.2, -0.15) is 0 Å². The Morgan fingerprint density at radius 2 is 2.08 bits per heavy atom. The second-order valence-corrected chi connectivity index (χ2v) is 7.32. The van der Waals surface area contributed by atoms with Crippen molar-refractivity contribution in [1.29, 1.82) is 0 Å². The summed E-state index contributed by atoms with van der Waals surface area (Å²) in [6, 6.07) is 8.57. The number of carbonyl (C=O) groups is 1. The average Bonchev–Trinajstić information content (AvgIpc) is 2.97. The van der Waals surface area contributed by atoms with E-state index in [0.29, 0.717) is 6.54 Å². The minimum Gasteiger partial charge on any atom is -0.469 e. The molecule has 1 aliphatic rings. The molecule has 0 amide bonds. The zero-order valence-electron chi connectivity index (χ0n) is 14.9. The molecule has 0 aromatic heterocycles. The lowest BCUT2D eigenvalue weighted by Gasteiger charge is -2.21. The first kappa shape index (κ1) is 18.6. The third-order valence-corrected chi connectivity index (χ3v) is 5.32. The summed E-state index contributed by atoms with van der Waals surface area (Å²) in [6.45, 7) is 6.50. The van der Waals surface area contributed by atoms with E-state index in [0.717, 1.165) is 24.8 Å². The number of hydrogen-bond donors (Lipinski definition) is 1. The van der Waals surface area contributed by atoms with Gasteiger partial charge in [0.2, 0.25) is 0 Å². The molecule has 0 spiro atoms. The van der Waals surface area contributed by atoms with Crippen LogP contribution in [0.25, 0.3) is 0 Å². The van der Waals surface area contributed by atoms with Crippen molar-refractivity contribution in [3.8, 4) is 0 Å². The minimum atomic E-state index is -0.129. The zero-order chi connectivity index (χ0) is 17.5. The normalized spacial score (nSPS) is 21.0. The maximum atomic E-state index is 11.8. The molecule has 1 aliphatic heterocycles. The summed E-state index contributed by atoms with van der Waals surface area (Å²) in [7, 11) is 3.23. The molecule has 1 aromatic carbocycles. The predicted molar refractivity (Wildman–Crippen MR) is 99.5 cm³/mol. The van der Waals surface area contributed by atoms with Crippen molar-refractivity contribution in [2.75, 3.05) is 39.5 Å². The Balaban J connectivity index is 1.78. The van der Waals surface area contributed by atoms with E-state index in [1.807, 2.05) is 11.8 Å². The van der Waals surface area contributed by atoms with E-state index in [1.54, 1.807) is 7.05 Å². The molecule has 0 aliphatic carbocycles. The number of nitrogens with one attached hydrogen (secondary N) is 1. The second-order valence-electron chi connectivity index (χ2n) is 6.15. The number of thioether (sulfide) groups is 1. The number of carbonyl (C=O) groups excluding carboxylic acids is 1. The lowest BCUT2D eigenvalue weighted by Crippen LogP contribution is -2.41. The van der Waals surface area contributed by atoms with Crippen molar-refractivity contribution >= 4 is 23.7 Å². The fourth-order valence-electron chi connectivity index (χ4n) is 2.90. The molecule has 24 heavy (non-hydrogen) atoms. The molecule has 5 nitrogen and oxygen atoms in total. The van der Waals surface area contributed by atoms with Gasteiger partial charge in [0.25, 0.3) is 0 Å². The number of benzene rings is 1. The van der Waals surface area contributed by atoms with Crippen LogP contribution >= 0.6 is 11.8 Å². The van der Waals surface area contributed by atoms with Crippen LogP contribution in [0.5, 0.6) is 0 Å². The van der Waals surface area contributed by atoms with Crippen LogP contribution < -0.4 is 5.32 Å². The molecule has 6 heteroatoms. The van der Waals surface area contributed by atoms with E-state index in [1.165, 1.54) is 17.6 Å². The van der Waals surface area contributed by atoms with Gasteiger partial charge in [0.1, 0.15) is 0 Å². The maximum Gasteiger partial charge on any atom is 0.310 e. The number of aryl methyl sites for hydroxylation is 1. The summed E-state index contributed by atoms with van der Waals surface area (Å²) >= 11 is 1.82. The van der Waals surface area contributed by atoms with Gasteiger partial charge in [0.05, 0.1) is 13.0 Å². The fraction of sp³-hybridized carbons (Fsp3) is 0.556. The maximum absolute atomic E-state index is 11.8. The molecule has 2 rings (SSSR count). The summed E-state index contributed by atoms with van der Waals surface area (Å²) in [4.78, 5) is 19.6. The molecular formula is C18H27N3O2S. The molecule has 1 saturated heterocycles. The van der Waals surface area contributed by atoms with Crippen molar-refractivity contribution in [3.63, 3.8) is 0 Å². The van der Waals surface area contributed by atoms with E-state index >= 15 is 0 Å². The molecule has 0 radical (unpaired) electrons. The van der Waals surface area contributed by atoms with Crippen LogP contribution in [0.1, 0.15) is 12.5 Å². The standard InChI is InChI=1S/C18H27N3O2S/c1-13-5-7-15(8-6-13)24-10-9-20-18(19-3)21-11-14(2)16(12-21)17(22)23-4/h5-8,14,16H,9-12H2,1-4H3,(H,19,20). The first-order valence-electron chi connectivity index (χ1n) is 8.28. The van der Waals surface area contributed by atoms with Gasteiger partial charge in [-0.1, -0.05) is 24.6 Å². The number of esters is 1. The van der Waals surface area contributed by atoms with Gasteiger partial charge in [-0.25, -0.2) is 0 Å². The number of methoxy groups -OCH3 is 1. The number of guanidine groups is 1. The summed E-state index contributed by atoms with van der Waals surface area (Å²) in [5.74, 6) is 1.90. The van der Waals surface area contributed by atoms with Crippen molar-refractivity contribution < 1.29 is 9.53 Å². The molecule has 1 heterocycles. The number of rotatable bonds is 5. The molecule has 1 N–H and O–H groups in total. The van der Waals surface area contributed by atoms with Gasteiger partial charge >= 0.3 is 5.97 Å². The summed E-state index contributed by atoms with van der Waals surface area (Å²) in [5.41, 5.74) is 1.28. The van der Waals surface area contributed by atoms with E-state index in [4.69, 9.17) is 4.74 Å². The van der Waals surface area contributed by atoms with E-state index < -0.39 is 0 Å². The summed E-state index contributed by atoms with van der Waals surface area (Å²) in [5, 5.41) is 3.39. The van der Waals surface area contributed by atoms with Crippen LogP contribution in [0.4, 0.5) is 0 Å². The topological polar surface area (TPSA) is 53.9 Å². The first-order valence-corrected chi connectivity index (χ1v) is 9.26. The SMILES string of the molecule is CN=C(NCCSc1ccc(C)cc1)N1CC(C)C(C(=O)OC)C1. The van der Waals surface area contributed by atoms with Gasteiger partial charge in [-0.15, -0.1) is 11.8 Å². The number of nitrogens with zero attached hydrogens (tertiary/aromatic N) is 2. The lowest BCUT2D eigenvalue weighted by molar-refractivity contribution is -0.145. The monoisotopic (exact) mass is 349 g/mol. The second kappa shape index (κ2) is 8.97. The van der Waals surface area contributed by atoms with Gasteiger partial charge in [0.15, 0.2) is 5.96 Å². The number of likely N-dealkylation sites (tertiary alicyclic amines) is 1. The Bertz CT molecular complexity index is 574. The van der Waals surface area contributed by atoms with Crippen molar-refractivity contribution in [3.05, 3.63) is 29.8 Å². The van der Waals surface area contributed by atoms with Crippen molar-refractivity contribution in [2.24, 2.45) is 16.8 Å². The van der Waals surface area contributed by atoms with Gasteiger partial charge in [-0.3, -0.25) is 9.79 Å². The van der Waals surface area contributed by atoms with Gasteiger partial charge in [0, 0.05) is 37.3 Å². The largest absolute Gasteiger partial charge is 0.469 e. The predicted octanol–water partition coefficient (Wildman–Crippen LogP) is 2.40. The molecule has 1 fully saturated rings. The highest BCUT2D eigenvalue weighted by Crippen LogP contribution is 2.24. The Labute approximate surface area is 148 Å². The van der Waals surface area contributed by atoms with Crippen molar-refractivity contribution in [1.82, 2.24) is 10.2 Å². The van der Waals surface area contributed by atoms with Gasteiger partial charge < -0.3 is 15.0 Å². The summed E-state index contributed by atoms with van der Waals surface area (Å²) < 4.78 is 4.89. The molecule has 2 atom stereocenters. The number of aliphatic imine (C=N–C) groups is 1. The average molecular weight is 350 g/mol. The van der Waals surface area contributed by atoms with Crippen LogP contribution in [-0.2, 0) is 9.53 Å². The van der Waals surface area contributed by atoms with Crippen LogP contribution in [0.15, 0.2) is 34.2 Å². The molecule has 1 aromatic rings. The molecule has 0 bridgehead atoms. The number of ether oxygens (including phenoxy) is 1. The van der Waals surface area contributed by atoms with E-state index in [2.05, 4.69) is 53.3 Å². The lowest BCUT2D eigenvalue weighted by atomic mass is 9.99. The van der Waals surface area contributed by atoms with Crippen LogP contribution in [0.3, 0.4) is 0 Å². The van der Waals surface area contributed by atoms with Crippen LogP contribution in [-0.4, -0.2) is 56.4 Å². The molecular weight excluding hydrogens is 322 g/mol. The van der Waals surface area contributed by atoms with Gasteiger partial charge in [-0.05, 0) is 25.0 Å². The highest BCUT2D eigenvalue weighted by atomic mass is 32.2. The highest BCUT2D eigenvalue weighted by Gasteiger charge is 2.36. The fourth-order valence-corrected chi connectivity index (χ4v) is 3.66. The first-order chi connectivity index (χ1) is 11.5. The smallest absolute Gasteiger partial charge is 0.310 e. The third kappa shape index (κ3) is 4.90. The summed E-state index contributed by atoms with van der Waals surface area (Å²) in [6.07, 6.45) is 0. The highest BCUT2D eigenvalue weighted by molar-refractivity contribution is 7.99. The van der Waals surface area contributed by atoms with E-state index in [9.17, 15) is 4.79 Å². The zero-order valence-corrected chi connectivity index (χ0v) is 15.7. The minimum absolute atomic E-state index is 0.0736. The Morgan fingerprint density at radius 1 is 1.38 bits per heavy atom. The van der Waals surface area contributed by atoms with Crippen LogP contribution in [0, 0.1) is 18.8 Å². The molecule has 132 valence electrons. The van der Waals surface area contributed by atoms with Crippen LogP contribution in [0.2, 0.25) is 0 Å². The Hall–Kier alpha value is -1.69. The number of hydrogen-bond acceptors (Lipinski definition) is 4. The van der Waals surface area contributed by atoms with Crippen molar-refractivity contribution in [2.45, 2.75) is 18.7 Å². The Kier molecular flexibility index (Phi) is 6.97. The molecule has 2 unspecified atom stereocenters. The third-order valence-electron chi connectivity index (χ3n) is 4.30. The Morgan fingerprint density at radius 3 is 2.71 bits per heavy atom.